The van der Waals surface area contributed by atoms with E-state index in [-0.39, 0.29) is 6.23 Å². The maximum atomic E-state index is 6.00. The lowest BCUT2D eigenvalue weighted by molar-refractivity contribution is -0.0377. The first-order chi connectivity index (χ1) is 8.27. The Bertz CT molecular complexity index is 543. The Kier molecular flexibility index (Phi) is 2.48. The standard InChI is InChI=1S/C12H16N4O/c1-8-5-6-9-12(11(8)13)14-15-16(9)10-4-2-3-7-17-10/h5-6,10H,2-4,7,13H2,1H3. The molecular weight excluding hydrogens is 216 g/mol. The van der Waals surface area contributed by atoms with E-state index in [2.05, 4.69) is 10.3 Å². The molecule has 3 rings (SSSR count). The number of nitrogens with two attached hydrogens (primary N) is 1. The molecule has 1 unspecified atom stereocenters. The first kappa shape index (κ1) is 10.5. The van der Waals surface area contributed by atoms with Crippen LogP contribution < -0.4 is 5.73 Å². The lowest BCUT2D eigenvalue weighted by atomic mass is 10.1. The van der Waals surface area contributed by atoms with Gasteiger partial charge in [-0.05, 0) is 37.8 Å². The number of ether oxygens (including phenoxy) is 1. The molecule has 5 heteroatoms. The van der Waals surface area contributed by atoms with Gasteiger partial charge in [0.15, 0.2) is 6.23 Å². The Morgan fingerprint density at radius 1 is 1.41 bits per heavy atom. The van der Waals surface area contributed by atoms with Crippen LogP contribution in [0.3, 0.4) is 0 Å². The van der Waals surface area contributed by atoms with Crippen LogP contribution in [0.2, 0.25) is 0 Å². The van der Waals surface area contributed by atoms with E-state index in [9.17, 15) is 0 Å². The molecule has 1 fully saturated rings. The van der Waals surface area contributed by atoms with Gasteiger partial charge in [-0.25, -0.2) is 4.68 Å². The number of anilines is 1. The highest BCUT2D eigenvalue weighted by Crippen LogP contribution is 2.28. The molecule has 1 aliphatic rings. The summed E-state index contributed by atoms with van der Waals surface area (Å²) in [7, 11) is 0. The number of hydrogen-bond donors (Lipinski definition) is 1. The van der Waals surface area contributed by atoms with Crippen LogP contribution in [0.4, 0.5) is 5.69 Å². The van der Waals surface area contributed by atoms with E-state index in [4.69, 9.17) is 10.5 Å². The van der Waals surface area contributed by atoms with Crippen molar-refractivity contribution in [3.05, 3.63) is 17.7 Å². The second kappa shape index (κ2) is 4.00. The molecule has 0 radical (unpaired) electrons. The van der Waals surface area contributed by atoms with Crippen molar-refractivity contribution in [2.45, 2.75) is 32.4 Å². The van der Waals surface area contributed by atoms with Crippen molar-refractivity contribution < 1.29 is 4.74 Å². The zero-order valence-electron chi connectivity index (χ0n) is 9.89. The van der Waals surface area contributed by atoms with Gasteiger partial charge in [0, 0.05) is 6.61 Å². The van der Waals surface area contributed by atoms with Crippen LogP contribution in [0.15, 0.2) is 12.1 Å². The number of fused-ring (bicyclic) bond motifs is 1. The van der Waals surface area contributed by atoms with E-state index in [1.54, 1.807) is 0 Å². The zero-order chi connectivity index (χ0) is 11.8. The molecule has 5 nitrogen and oxygen atoms in total. The van der Waals surface area contributed by atoms with E-state index >= 15 is 0 Å². The number of aryl methyl sites for hydroxylation is 1. The molecule has 1 aliphatic heterocycles. The van der Waals surface area contributed by atoms with Gasteiger partial charge < -0.3 is 10.5 Å². The van der Waals surface area contributed by atoms with Crippen LogP contribution in [-0.4, -0.2) is 21.6 Å². The molecule has 90 valence electrons. The minimum absolute atomic E-state index is 0.0101. The molecule has 2 aromatic rings. The lowest BCUT2D eigenvalue weighted by Crippen LogP contribution is -2.19. The summed E-state index contributed by atoms with van der Waals surface area (Å²) in [6.45, 7) is 2.78. The fourth-order valence-corrected chi connectivity index (χ4v) is 2.26. The van der Waals surface area contributed by atoms with Gasteiger partial charge >= 0.3 is 0 Å². The molecule has 0 spiro atoms. The van der Waals surface area contributed by atoms with E-state index in [1.165, 1.54) is 6.42 Å². The van der Waals surface area contributed by atoms with E-state index in [0.717, 1.165) is 36.0 Å². The van der Waals surface area contributed by atoms with Crippen molar-refractivity contribution in [3.8, 4) is 0 Å². The summed E-state index contributed by atoms with van der Waals surface area (Å²) in [6, 6.07) is 4.01. The number of hydrogen-bond acceptors (Lipinski definition) is 4. The lowest BCUT2D eigenvalue weighted by Gasteiger charge is -2.22. The van der Waals surface area contributed by atoms with E-state index in [1.807, 2.05) is 23.7 Å². The summed E-state index contributed by atoms with van der Waals surface area (Å²) < 4.78 is 7.57. The first-order valence-electron chi connectivity index (χ1n) is 5.99. The van der Waals surface area contributed by atoms with E-state index < -0.39 is 0 Å². The van der Waals surface area contributed by atoms with Crippen molar-refractivity contribution in [2.75, 3.05) is 12.3 Å². The van der Waals surface area contributed by atoms with Gasteiger partial charge in [-0.15, -0.1) is 5.10 Å². The Hall–Kier alpha value is -1.62. The Balaban J connectivity index is 2.08. The van der Waals surface area contributed by atoms with Crippen LogP contribution in [0.1, 0.15) is 31.1 Å². The first-order valence-corrected chi connectivity index (χ1v) is 5.99. The Labute approximate surface area is 99.5 Å². The van der Waals surface area contributed by atoms with Crippen molar-refractivity contribution in [1.29, 1.82) is 0 Å². The van der Waals surface area contributed by atoms with Crippen LogP contribution in [0.25, 0.3) is 11.0 Å². The minimum Gasteiger partial charge on any atom is -0.397 e. The molecule has 1 aromatic carbocycles. The number of benzene rings is 1. The zero-order valence-corrected chi connectivity index (χ0v) is 9.89. The van der Waals surface area contributed by atoms with Crippen molar-refractivity contribution in [1.82, 2.24) is 15.0 Å². The van der Waals surface area contributed by atoms with Gasteiger partial charge in [-0.2, -0.15) is 0 Å². The maximum Gasteiger partial charge on any atom is 0.152 e. The Morgan fingerprint density at radius 3 is 3.06 bits per heavy atom. The number of aromatic nitrogens is 3. The average molecular weight is 232 g/mol. The second-order valence-corrected chi connectivity index (χ2v) is 4.52. The predicted octanol–water partition coefficient (Wildman–Crippen LogP) is 2.02. The Morgan fingerprint density at radius 2 is 2.29 bits per heavy atom. The van der Waals surface area contributed by atoms with Gasteiger partial charge in [0.1, 0.15) is 5.52 Å². The summed E-state index contributed by atoms with van der Waals surface area (Å²) in [5.74, 6) is 0. The van der Waals surface area contributed by atoms with Crippen LogP contribution >= 0.6 is 0 Å². The van der Waals surface area contributed by atoms with Crippen molar-refractivity contribution >= 4 is 16.7 Å². The van der Waals surface area contributed by atoms with Gasteiger partial charge in [-0.3, -0.25) is 0 Å². The van der Waals surface area contributed by atoms with E-state index in [0.29, 0.717) is 5.69 Å². The van der Waals surface area contributed by atoms with Crippen LogP contribution in [0, 0.1) is 6.92 Å². The highest BCUT2D eigenvalue weighted by atomic mass is 16.5. The number of nitrogen functional groups attached to an aromatic ring is 1. The maximum absolute atomic E-state index is 6.00. The summed E-state index contributed by atoms with van der Waals surface area (Å²) in [4.78, 5) is 0. The molecule has 17 heavy (non-hydrogen) atoms. The summed E-state index contributed by atoms with van der Waals surface area (Å²) in [6.07, 6.45) is 3.31. The van der Waals surface area contributed by atoms with Gasteiger partial charge in [0.25, 0.3) is 0 Å². The van der Waals surface area contributed by atoms with Crippen molar-refractivity contribution in [2.24, 2.45) is 0 Å². The second-order valence-electron chi connectivity index (χ2n) is 4.52. The van der Waals surface area contributed by atoms with Gasteiger partial charge in [0.2, 0.25) is 0 Å². The molecule has 1 aromatic heterocycles. The number of nitrogens with zero attached hydrogens (tertiary/aromatic N) is 3. The van der Waals surface area contributed by atoms with Gasteiger partial charge in [-0.1, -0.05) is 11.3 Å². The SMILES string of the molecule is Cc1ccc2c(nnn2C2CCCCO2)c1N. The number of rotatable bonds is 1. The molecule has 1 atom stereocenters. The molecule has 0 saturated carbocycles. The molecule has 2 heterocycles. The molecule has 2 N–H and O–H groups in total. The van der Waals surface area contributed by atoms with Crippen LogP contribution in [-0.2, 0) is 4.74 Å². The van der Waals surface area contributed by atoms with Crippen molar-refractivity contribution in [3.63, 3.8) is 0 Å². The average Bonchev–Trinajstić information content (AvgIpc) is 2.79. The summed E-state index contributed by atoms with van der Waals surface area (Å²) >= 11 is 0. The molecule has 0 aliphatic carbocycles. The quantitative estimate of drug-likeness (QED) is 0.764. The highest BCUT2D eigenvalue weighted by Gasteiger charge is 2.20. The highest BCUT2D eigenvalue weighted by molar-refractivity contribution is 5.88. The third kappa shape index (κ3) is 1.67. The molecular formula is C12H16N4O. The monoisotopic (exact) mass is 232 g/mol. The fraction of sp³-hybridized carbons (Fsp3) is 0.500. The van der Waals surface area contributed by atoms with Crippen LogP contribution in [0.5, 0.6) is 0 Å². The smallest absolute Gasteiger partial charge is 0.152 e. The molecule has 0 bridgehead atoms. The third-order valence-corrected chi connectivity index (χ3v) is 3.33. The largest absolute Gasteiger partial charge is 0.397 e. The minimum atomic E-state index is 0.0101. The molecule has 0 amide bonds. The topological polar surface area (TPSA) is 66.0 Å². The summed E-state index contributed by atoms with van der Waals surface area (Å²) in [5, 5.41) is 8.34. The third-order valence-electron chi connectivity index (χ3n) is 3.33. The van der Waals surface area contributed by atoms with Gasteiger partial charge in [0.05, 0.1) is 11.2 Å². The predicted molar refractivity (Wildman–Crippen MR) is 65.5 cm³/mol. The summed E-state index contributed by atoms with van der Waals surface area (Å²) in [5.41, 5.74) is 9.49. The molecule has 1 saturated heterocycles. The fourth-order valence-electron chi connectivity index (χ4n) is 2.26. The normalized spacial score (nSPS) is 20.9.